The molecular weight excluding hydrogens is 218 g/mol. The van der Waals surface area contributed by atoms with Gasteiger partial charge in [-0.05, 0) is 26.2 Å². The maximum Gasteiger partial charge on any atom is 0.239 e. The smallest absolute Gasteiger partial charge is 0.239 e. The molecule has 5 heteroatoms. The van der Waals surface area contributed by atoms with E-state index in [9.17, 15) is 9.59 Å². The highest BCUT2D eigenvalue weighted by molar-refractivity contribution is 5.86. The second-order valence-corrected chi connectivity index (χ2v) is 5.02. The molecule has 0 spiro atoms. The average Bonchev–Trinajstić information content (AvgIpc) is 3.01. The van der Waals surface area contributed by atoms with Crippen LogP contribution >= 0.6 is 0 Å². The van der Waals surface area contributed by atoms with Gasteiger partial charge in [-0.3, -0.25) is 9.59 Å². The van der Waals surface area contributed by atoms with Crippen molar-refractivity contribution in [2.24, 2.45) is 5.73 Å². The molecule has 0 aromatic carbocycles. The summed E-state index contributed by atoms with van der Waals surface area (Å²) in [6, 6.07) is 0.373. The molecule has 4 N–H and O–H groups in total. The minimum absolute atomic E-state index is 0.00187. The molecule has 2 amide bonds. The van der Waals surface area contributed by atoms with Gasteiger partial charge in [0, 0.05) is 19.0 Å². The highest BCUT2D eigenvalue weighted by Gasteiger charge is 2.27. The summed E-state index contributed by atoms with van der Waals surface area (Å²) in [6.07, 6.45) is 3.99. The average molecular weight is 241 g/mol. The number of nitrogens with one attached hydrogen (secondary N) is 2. The maximum absolute atomic E-state index is 11.7. The van der Waals surface area contributed by atoms with Gasteiger partial charge in [0.15, 0.2) is 0 Å². The third-order valence-electron chi connectivity index (χ3n) is 2.87. The number of hydrogen-bond donors (Lipinski definition) is 3. The first-order chi connectivity index (χ1) is 7.95. The van der Waals surface area contributed by atoms with Crippen molar-refractivity contribution in [2.75, 3.05) is 6.54 Å². The number of hydrogen-bond acceptors (Lipinski definition) is 3. The van der Waals surface area contributed by atoms with Gasteiger partial charge in [-0.15, -0.1) is 0 Å². The summed E-state index contributed by atoms with van der Waals surface area (Å²) in [7, 11) is 0. The Morgan fingerprint density at radius 2 is 2.06 bits per heavy atom. The Bertz CT molecular complexity index is 285. The van der Waals surface area contributed by atoms with Gasteiger partial charge in [-0.25, -0.2) is 0 Å². The predicted molar refractivity (Wildman–Crippen MR) is 66.3 cm³/mol. The van der Waals surface area contributed by atoms with Crippen molar-refractivity contribution in [3.05, 3.63) is 0 Å². The van der Waals surface area contributed by atoms with Crippen molar-refractivity contribution in [1.82, 2.24) is 10.6 Å². The van der Waals surface area contributed by atoms with Crippen LogP contribution in [-0.4, -0.2) is 29.9 Å². The molecule has 1 unspecified atom stereocenters. The Kier molecular flexibility index (Phi) is 4.93. The fraction of sp³-hybridized carbons (Fsp3) is 0.833. The number of carbonyl (C=O) groups is 2. The molecule has 17 heavy (non-hydrogen) atoms. The summed E-state index contributed by atoms with van der Waals surface area (Å²) in [5.74, 6) is -0.180. The largest absolute Gasteiger partial charge is 0.354 e. The van der Waals surface area contributed by atoms with E-state index < -0.39 is 5.54 Å². The van der Waals surface area contributed by atoms with E-state index in [2.05, 4.69) is 10.6 Å². The summed E-state index contributed by atoms with van der Waals surface area (Å²) in [6.45, 7) is 4.06. The van der Waals surface area contributed by atoms with Crippen LogP contribution in [-0.2, 0) is 9.59 Å². The van der Waals surface area contributed by atoms with Crippen LogP contribution in [0.3, 0.4) is 0 Å². The molecule has 0 aromatic heterocycles. The van der Waals surface area contributed by atoms with Crippen molar-refractivity contribution in [2.45, 2.75) is 57.5 Å². The maximum atomic E-state index is 11.7. The van der Waals surface area contributed by atoms with E-state index in [0.717, 1.165) is 19.3 Å². The Labute approximate surface area is 103 Å². The molecule has 0 bridgehead atoms. The summed E-state index contributed by atoms with van der Waals surface area (Å²) in [4.78, 5) is 23.1. The summed E-state index contributed by atoms with van der Waals surface area (Å²) < 4.78 is 0. The molecule has 0 aliphatic heterocycles. The second-order valence-electron chi connectivity index (χ2n) is 5.02. The van der Waals surface area contributed by atoms with Crippen LogP contribution in [0.25, 0.3) is 0 Å². The zero-order valence-electron chi connectivity index (χ0n) is 10.7. The van der Waals surface area contributed by atoms with E-state index >= 15 is 0 Å². The minimum Gasteiger partial charge on any atom is -0.354 e. The highest BCUT2D eigenvalue weighted by Crippen LogP contribution is 2.18. The van der Waals surface area contributed by atoms with Crippen molar-refractivity contribution in [3.63, 3.8) is 0 Å². The fourth-order valence-corrected chi connectivity index (χ4v) is 1.65. The molecular formula is C12H23N3O2. The first-order valence-corrected chi connectivity index (χ1v) is 6.32. The monoisotopic (exact) mass is 241 g/mol. The molecule has 1 aliphatic rings. The zero-order valence-corrected chi connectivity index (χ0v) is 10.7. The number of rotatable bonds is 7. The van der Waals surface area contributed by atoms with Crippen molar-refractivity contribution < 1.29 is 9.59 Å². The van der Waals surface area contributed by atoms with Gasteiger partial charge in [0.2, 0.25) is 11.8 Å². The summed E-state index contributed by atoms with van der Waals surface area (Å²) in [5.41, 5.74) is 5.03. The van der Waals surface area contributed by atoms with Gasteiger partial charge in [0.1, 0.15) is 0 Å². The van der Waals surface area contributed by atoms with Crippen LogP contribution in [0.4, 0.5) is 0 Å². The molecule has 0 radical (unpaired) electrons. The van der Waals surface area contributed by atoms with E-state index in [1.54, 1.807) is 6.92 Å². The predicted octanol–water partition coefficient (Wildman–Crippen LogP) is 0.289. The van der Waals surface area contributed by atoms with Crippen LogP contribution in [0.1, 0.15) is 46.0 Å². The SMILES string of the molecule is CCCC(C)(N)C(=O)NCCC(=O)NC1CC1. The van der Waals surface area contributed by atoms with Crippen LogP contribution in [0, 0.1) is 0 Å². The molecule has 98 valence electrons. The molecule has 5 nitrogen and oxygen atoms in total. The number of amides is 2. The summed E-state index contributed by atoms with van der Waals surface area (Å²) in [5, 5.41) is 5.58. The van der Waals surface area contributed by atoms with E-state index in [-0.39, 0.29) is 11.8 Å². The van der Waals surface area contributed by atoms with E-state index in [0.29, 0.717) is 25.4 Å². The van der Waals surface area contributed by atoms with Crippen molar-refractivity contribution in [3.8, 4) is 0 Å². The Morgan fingerprint density at radius 1 is 1.41 bits per heavy atom. The standard InChI is InChI=1S/C12H23N3O2/c1-3-7-12(2,13)11(17)14-8-6-10(16)15-9-4-5-9/h9H,3-8,13H2,1-2H3,(H,14,17)(H,15,16). The molecule has 1 aliphatic carbocycles. The second kappa shape index (κ2) is 6.00. The molecule has 1 atom stereocenters. The van der Waals surface area contributed by atoms with Gasteiger partial charge < -0.3 is 16.4 Å². The summed E-state index contributed by atoms with van der Waals surface area (Å²) >= 11 is 0. The Balaban J connectivity index is 2.16. The van der Waals surface area contributed by atoms with E-state index in [4.69, 9.17) is 5.73 Å². The van der Waals surface area contributed by atoms with Crippen molar-refractivity contribution in [1.29, 1.82) is 0 Å². The third kappa shape index (κ3) is 5.17. The normalized spacial score (nSPS) is 18.3. The fourth-order valence-electron chi connectivity index (χ4n) is 1.65. The van der Waals surface area contributed by atoms with Gasteiger partial charge in [0.25, 0.3) is 0 Å². The Morgan fingerprint density at radius 3 is 2.59 bits per heavy atom. The first kappa shape index (κ1) is 14.0. The van der Waals surface area contributed by atoms with E-state index in [1.165, 1.54) is 0 Å². The first-order valence-electron chi connectivity index (χ1n) is 6.32. The molecule has 1 rings (SSSR count). The Hall–Kier alpha value is -1.10. The van der Waals surface area contributed by atoms with Gasteiger partial charge in [-0.2, -0.15) is 0 Å². The third-order valence-corrected chi connectivity index (χ3v) is 2.87. The van der Waals surface area contributed by atoms with Crippen LogP contribution < -0.4 is 16.4 Å². The molecule has 0 aromatic rings. The molecule has 0 heterocycles. The van der Waals surface area contributed by atoms with Gasteiger partial charge in [0.05, 0.1) is 5.54 Å². The lowest BCUT2D eigenvalue weighted by molar-refractivity contribution is -0.126. The molecule has 1 fully saturated rings. The van der Waals surface area contributed by atoms with Crippen LogP contribution in [0.5, 0.6) is 0 Å². The number of carbonyl (C=O) groups excluding carboxylic acids is 2. The zero-order chi connectivity index (χ0) is 12.9. The van der Waals surface area contributed by atoms with Gasteiger partial charge >= 0.3 is 0 Å². The van der Waals surface area contributed by atoms with E-state index in [1.807, 2.05) is 6.92 Å². The lowest BCUT2D eigenvalue weighted by Crippen LogP contribution is -2.52. The lowest BCUT2D eigenvalue weighted by atomic mass is 9.96. The highest BCUT2D eigenvalue weighted by atomic mass is 16.2. The topological polar surface area (TPSA) is 84.2 Å². The minimum atomic E-state index is -0.832. The number of nitrogens with two attached hydrogens (primary N) is 1. The van der Waals surface area contributed by atoms with Crippen LogP contribution in [0.2, 0.25) is 0 Å². The molecule has 0 saturated heterocycles. The lowest BCUT2D eigenvalue weighted by Gasteiger charge is -2.22. The van der Waals surface area contributed by atoms with Gasteiger partial charge in [-0.1, -0.05) is 13.3 Å². The quantitative estimate of drug-likeness (QED) is 0.599. The van der Waals surface area contributed by atoms with Crippen LogP contribution in [0.15, 0.2) is 0 Å². The molecule has 1 saturated carbocycles. The van der Waals surface area contributed by atoms with Crippen molar-refractivity contribution >= 4 is 11.8 Å².